The highest BCUT2D eigenvalue weighted by Crippen LogP contribution is 2.23. The van der Waals surface area contributed by atoms with Crippen molar-refractivity contribution in [1.82, 2.24) is 9.78 Å². The lowest BCUT2D eigenvalue weighted by Crippen LogP contribution is -2.08. The fourth-order valence-electron chi connectivity index (χ4n) is 2.06. The quantitative estimate of drug-likeness (QED) is 0.786. The van der Waals surface area contributed by atoms with Crippen molar-refractivity contribution in [2.24, 2.45) is 0 Å². The first kappa shape index (κ1) is 11.2. The van der Waals surface area contributed by atoms with Gasteiger partial charge in [-0.25, -0.2) is 0 Å². The van der Waals surface area contributed by atoms with E-state index in [0.29, 0.717) is 6.04 Å². The van der Waals surface area contributed by atoms with Crippen molar-refractivity contribution in [2.45, 2.75) is 12.5 Å². The van der Waals surface area contributed by atoms with Gasteiger partial charge in [0.25, 0.3) is 0 Å². The number of hydrogen-bond donors (Lipinski definition) is 0. The molecule has 0 radical (unpaired) electrons. The summed E-state index contributed by atoms with van der Waals surface area (Å²) in [5.74, 6) is 0. The molecule has 0 aliphatic carbocycles. The third-order valence-corrected chi connectivity index (χ3v) is 3.78. The zero-order chi connectivity index (χ0) is 11.7. The molecule has 4 heteroatoms. The molecule has 0 spiro atoms. The maximum atomic E-state index is 5.38. The van der Waals surface area contributed by atoms with E-state index in [1.165, 1.54) is 14.7 Å². The molecule has 1 fully saturated rings. The molecular weight excluding hydrogens is 327 g/mol. The van der Waals surface area contributed by atoms with E-state index >= 15 is 0 Å². The lowest BCUT2D eigenvalue weighted by atomic mass is 10.1. The Hall–Kier alpha value is -0.880. The van der Waals surface area contributed by atoms with E-state index in [4.69, 9.17) is 4.74 Å². The Morgan fingerprint density at radius 1 is 1.24 bits per heavy atom. The van der Waals surface area contributed by atoms with Gasteiger partial charge in [0.2, 0.25) is 0 Å². The first-order chi connectivity index (χ1) is 8.33. The molecule has 0 amide bonds. The van der Waals surface area contributed by atoms with E-state index in [1.54, 1.807) is 0 Å². The summed E-state index contributed by atoms with van der Waals surface area (Å²) < 4.78 is 8.66. The van der Waals surface area contributed by atoms with Gasteiger partial charge in [-0.3, -0.25) is 4.68 Å². The van der Waals surface area contributed by atoms with Crippen LogP contribution in [0.5, 0.6) is 0 Å². The summed E-state index contributed by atoms with van der Waals surface area (Å²) in [6, 6.07) is 8.91. The summed E-state index contributed by atoms with van der Waals surface area (Å²) >= 11 is 2.31. The minimum atomic E-state index is 0.410. The standard InChI is InChI=1S/C13H13IN2O/c14-12-3-1-10(2-4-12)11-7-15-16(8-11)13-5-6-17-9-13/h1-4,7-8,13H,5-6,9H2. The zero-order valence-corrected chi connectivity index (χ0v) is 11.5. The number of rotatable bonds is 2. The molecular formula is C13H13IN2O. The molecule has 1 atom stereocenters. The van der Waals surface area contributed by atoms with Crippen LogP contribution in [0.15, 0.2) is 36.7 Å². The SMILES string of the molecule is Ic1ccc(-c2cnn(C3CCOC3)c2)cc1. The van der Waals surface area contributed by atoms with Crippen molar-refractivity contribution in [3.8, 4) is 11.1 Å². The summed E-state index contributed by atoms with van der Waals surface area (Å²) in [6.45, 7) is 1.64. The summed E-state index contributed by atoms with van der Waals surface area (Å²) in [7, 11) is 0. The minimum absolute atomic E-state index is 0.410. The number of benzene rings is 1. The molecule has 17 heavy (non-hydrogen) atoms. The number of aromatic nitrogens is 2. The molecule has 0 saturated carbocycles. The number of ether oxygens (including phenoxy) is 1. The van der Waals surface area contributed by atoms with Gasteiger partial charge in [-0.05, 0) is 46.7 Å². The van der Waals surface area contributed by atoms with Crippen LogP contribution in [0.2, 0.25) is 0 Å². The molecule has 3 rings (SSSR count). The van der Waals surface area contributed by atoms with E-state index in [-0.39, 0.29) is 0 Å². The molecule has 1 aliphatic heterocycles. The van der Waals surface area contributed by atoms with Gasteiger partial charge in [0.05, 0.1) is 18.8 Å². The second kappa shape index (κ2) is 4.78. The average Bonchev–Trinajstić information content (AvgIpc) is 3.00. The molecule has 1 saturated heterocycles. The van der Waals surface area contributed by atoms with E-state index in [9.17, 15) is 0 Å². The maximum absolute atomic E-state index is 5.38. The first-order valence-corrected chi connectivity index (χ1v) is 6.78. The Morgan fingerprint density at radius 2 is 2.06 bits per heavy atom. The van der Waals surface area contributed by atoms with Gasteiger partial charge in [-0.2, -0.15) is 5.10 Å². The number of hydrogen-bond acceptors (Lipinski definition) is 2. The third kappa shape index (κ3) is 2.37. The maximum Gasteiger partial charge on any atom is 0.0774 e. The molecule has 0 N–H and O–H groups in total. The Balaban J connectivity index is 1.86. The molecule has 2 aromatic rings. The smallest absolute Gasteiger partial charge is 0.0774 e. The first-order valence-electron chi connectivity index (χ1n) is 5.71. The van der Waals surface area contributed by atoms with Crippen molar-refractivity contribution >= 4 is 22.6 Å². The van der Waals surface area contributed by atoms with Gasteiger partial charge in [0.15, 0.2) is 0 Å². The van der Waals surface area contributed by atoms with Crippen LogP contribution in [0.4, 0.5) is 0 Å². The Labute approximate surface area is 114 Å². The Kier molecular flexibility index (Phi) is 3.15. The lowest BCUT2D eigenvalue weighted by molar-refractivity contribution is 0.184. The Morgan fingerprint density at radius 3 is 2.76 bits per heavy atom. The van der Waals surface area contributed by atoms with Crippen LogP contribution in [-0.4, -0.2) is 23.0 Å². The van der Waals surface area contributed by atoms with E-state index in [1.807, 2.05) is 10.9 Å². The zero-order valence-electron chi connectivity index (χ0n) is 9.34. The Bertz CT molecular complexity index is 500. The second-order valence-electron chi connectivity index (χ2n) is 4.23. The fraction of sp³-hybridized carbons (Fsp3) is 0.308. The van der Waals surface area contributed by atoms with Crippen LogP contribution >= 0.6 is 22.6 Å². The fourth-order valence-corrected chi connectivity index (χ4v) is 2.42. The van der Waals surface area contributed by atoms with Gasteiger partial charge in [0, 0.05) is 21.9 Å². The summed E-state index contributed by atoms with van der Waals surface area (Å²) in [5.41, 5.74) is 2.39. The van der Waals surface area contributed by atoms with Crippen molar-refractivity contribution in [2.75, 3.05) is 13.2 Å². The van der Waals surface area contributed by atoms with Crippen molar-refractivity contribution < 1.29 is 4.74 Å². The molecule has 1 aromatic heterocycles. The highest BCUT2D eigenvalue weighted by Gasteiger charge is 2.18. The molecule has 1 aromatic carbocycles. The van der Waals surface area contributed by atoms with Crippen LogP contribution in [0.25, 0.3) is 11.1 Å². The van der Waals surface area contributed by atoms with Gasteiger partial charge < -0.3 is 4.74 Å². The predicted octanol–water partition coefficient (Wildman–Crippen LogP) is 3.12. The van der Waals surface area contributed by atoms with E-state index in [0.717, 1.165) is 19.6 Å². The predicted molar refractivity (Wildman–Crippen MR) is 74.9 cm³/mol. The van der Waals surface area contributed by atoms with Crippen molar-refractivity contribution in [3.05, 3.63) is 40.2 Å². The summed E-state index contributed by atoms with van der Waals surface area (Å²) in [6.07, 6.45) is 5.11. The minimum Gasteiger partial charge on any atom is -0.379 e. The molecule has 1 unspecified atom stereocenters. The molecule has 0 bridgehead atoms. The summed E-state index contributed by atoms with van der Waals surface area (Å²) in [5, 5.41) is 4.43. The van der Waals surface area contributed by atoms with Crippen molar-refractivity contribution in [3.63, 3.8) is 0 Å². The normalized spacial score (nSPS) is 19.7. The average molecular weight is 340 g/mol. The highest BCUT2D eigenvalue weighted by molar-refractivity contribution is 14.1. The van der Waals surface area contributed by atoms with Crippen LogP contribution < -0.4 is 0 Å². The molecule has 3 nitrogen and oxygen atoms in total. The largest absolute Gasteiger partial charge is 0.379 e. The van der Waals surface area contributed by atoms with Crippen LogP contribution in [-0.2, 0) is 4.74 Å². The van der Waals surface area contributed by atoms with Crippen LogP contribution in [0.1, 0.15) is 12.5 Å². The molecule has 2 heterocycles. The number of nitrogens with zero attached hydrogens (tertiary/aromatic N) is 2. The van der Waals surface area contributed by atoms with Crippen LogP contribution in [0.3, 0.4) is 0 Å². The van der Waals surface area contributed by atoms with Gasteiger partial charge in [-0.15, -0.1) is 0 Å². The summed E-state index contributed by atoms with van der Waals surface area (Å²) in [4.78, 5) is 0. The second-order valence-corrected chi connectivity index (χ2v) is 5.48. The van der Waals surface area contributed by atoms with Gasteiger partial charge >= 0.3 is 0 Å². The van der Waals surface area contributed by atoms with Crippen molar-refractivity contribution in [1.29, 1.82) is 0 Å². The highest BCUT2D eigenvalue weighted by atomic mass is 127. The van der Waals surface area contributed by atoms with E-state index in [2.05, 4.69) is 58.2 Å². The third-order valence-electron chi connectivity index (χ3n) is 3.06. The monoisotopic (exact) mass is 340 g/mol. The lowest BCUT2D eigenvalue weighted by Gasteiger charge is -2.06. The van der Waals surface area contributed by atoms with E-state index < -0.39 is 0 Å². The van der Waals surface area contributed by atoms with Gasteiger partial charge in [-0.1, -0.05) is 12.1 Å². The van der Waals surface area contributed by atoms with Gasteiger partial charge in [0.1, 0.15) is 0 Å². The van der Waals surface area contributed by atoms with Crippen LogP contribution in [0, 0.1) is 3.57 Å². The number of halogens is 1. The molecule has 1 aliphatic rings. The molecule has 88 valence electrons. The topological polar surface area (TPSA) is 27.1 Å².